The van der Waals surface area contributed by atoms with Crippen molar-refractivity contribution in [2.45, 2.75) is 6.92 Å². The summed E-state index contributed by atoms with van der Waals surface area (Å²) in [5.41, 5.74) is 3.19. The normalized spacial score (nSPS) is 12.5. The Labute approximate surface area is 160 Å². The molecule has 0 amide bonds. The van der Waals surface area contributed by atoms with Gasteiger partial charge in [0.25, 0.3) is 0 Å². The molecule has 0 atom stereocenters. The predicted octanol–water partition coefficient (Wildman–Crippen LogP) is 7.34. The van der Waals surface area contributed by atoms with Gasteiger partial charge in [0, 0.05) is 33.1 Å². The number of pyridine rings is 1. The zero-order chi connectivity index (χ0) is 18.4. The Balaban J connectivity index is 1.93. The van der Waals surface area contributed by atoms with Gasteiger partial charge in [0.15, 0.2) is 0 Å². The first-order valence-corrected chi connectivity index (χ1v) is 9.56. The molecule has 7 rings (SSSR count). The lowest BCUT2D eigenvalue weighted by atomic mass is 9.88. The van der Waals surface area contributed by atoms with Crippen LogP contribution < -0.4 is 0 Å². The maximum Gasteiger partial charge on any atom is 0.142 e. The van der Waals surface area contributed by atoms with Gasteiger partial charge in [-0.1, -0.05) is 42.5 Å². The van der Waals surface area contributed by atoms with E-state index in [1.54, 1.807) is 0 Å². The molecular formula is C26H15NO. The highest BCUT2D eigenvalue weighted by molar-refractivity contribution is 6.39. The molecule has 2 aromatic heterocycles. The summed E-state index contributed by atoms with van der Waals surface area (Å²) in [6.07, 6.45) is 3.78. The average Bonchev–Trinajstić information content (AvgIpc) is 3.14. The Morgan fingerprint density at radius 3 is 2.32 bits per heavy atom. The Morgan fingerprint density at radius 2 is 1.46 bits per heavy atom. The number of benzene rings is 5. The molecule has 0 spiro atoms. The SMILES string of the molecule is Cc1coc2c3ccnc4c5cc6ccccc6cc5c5cccc(c12)c5c34. The summed E-state index contributed by atoms with van der Waals surface area (Å²) in [4.78, 5) is 4.84. The minimum atomic E-state index is 0.963. The van der Waals surface area contributed by atoms with Crippen molar-refractivity contribution in [2.75, 3.05) is 0 Å². The standard InChI is InChI=1S/C26H15NO/c1-14-13-28-26-19-9-10-27-25-21-12-16-6-3-2-5-15(16)11-20(21)17-7-4-8-18(22(14)26)23(17)24(19)25/h2-13H,1H3. The number of furan rings is 1. The molecule has 0 saturated heterocycles. The number of hydrogen-bond acceptors (Lipinski definition) is 2. The van der Waals surface area contributed by atoms with E-state index in [4.69, 9.17) is 9.40 Å². The third kappa shape index (κ3) is 1.58. The lowest BCUT2D eigenvalue weighted by Crippen LogP contribution is -1.91. The van der Waals surface area contributed by atoms with E-state index in [0.717, 1.165) is 16.5 Å². The molecule has 5 aromatic carbocycles. The van der Waals surface area contributed by atoms with Crippen LogP contribution in [0.25, 0.3) is 65.0 Å². The minimum absolute atomic E-state index is 0.963. The summed E-state index contributed by atoms with van der Waals surface area (Å²) < 4.78 is 6.02. The molecular weight excluding hydrogens is 342 g/mol. The highest BCUT2D eigenvalue weighted by Gasteiger charge is 2.20. The topological polar surface area (TPSA) is 26.0 Å². The summed E-state index contributed by atoms with van der Waals surface area (Å²) >= 11 is 0. The van der Waals surface area contributed by atoms with Crippen LogP contribution >= 0.6 is 0 Å². The van der Waals surface area contributed by atoms with Crippen LogP contribution in [0.4, 0.5) is 0 Å². The van der Waals surface area contributed by atoms with E-state index in [2.05, 4.69) is 67.6 Å². The van der Waals surface area contributed by atoms with Crippen molar-refractivity contribution in [3.63, 3.8) is 0 Å². The van der Waals surface area contributed by atoms with Crippen molar-refractivity contribution in [1.82, 2.24) is 4.98 Å². The number of hydrogen-bond donors (Lipinski definition) is 0. The predicted molar refractivity (Wildman–Crippen MR) is 117 cm³/mol. The highest BCUT2D eigenvalue weighted by Crippen LogP contribution is 2.45. The number of fused-ring (bicyclic) bond motifs is 7. The average molecular weight is 357 g/mol. The number of aromatic nitrogens is 1. The van der Waals surface area contributed by atoms with Gasteiger partial charge in [-0.05, 0) is 57.6 Å². The summed E-state index contributed by atoms with van der Waals surface area (Å²) in [6.45, 7) is 2.12. The van der Waals surface area contributed by atoms with Gasteiger partial charge in [0.1, 0.15) is 5.58 Å². The Hall–Kier alpha value is -3.65. The van der Waals surface area contributed by atoms with Gasteiger partial charge in [-0.2, -0.15) is 0 Å². The van der Waals surface area contributed by atoms with E-state index in [-0.39, 0.29) is 0 Å². The third-order valence-corrected chi connectivity index (χ3v) is 6.19. The highest BCUT2D eigenvalue weighted by atomic mass is 16.3. The number of rotatable bonds is 0. The first-order valence-electron chi connectivity index (χ1n) is 9.56. The fourth-order valence-corrected chi connectivity index (χ4v) is 5.00. The zero-order valence-corrected chi connectivity index (χ0v) is 15.3. The lowest BCUT2D eigenvalue weighted by Gasteiger charge is -2.15. The molecule has 0 N–H and O–H groups in total. The monoisotopic (exact) mass is 357 g/mol. The quantitative estimate of drug-likeness (QED) is 0.210. The van der Waals surface area contributed by atoms with Gasteiger partial charge in [-0.15, -0.1) is 0 Å². The van der Waals surface area contributed by atoms with Crippen molar-refractivity contribution >= 4 is 65.0 Å². The third-order valence-electron chi connectivity index (χ3n) is 6.19. The fraction of sp³-hybridized carbons (Fsp3) is 0.0385. The second-order valence-electron chi connectivity index (χ2n) is 7.68. The summed E-state index contributed by atoms with van der Waals surface area (Å²) in [5.74, 6) is 0. The van der Waals surface area contributed by atoms with Crippen LogP contribution in [0.3, 0.4) is 0 Å². The van der Waals surface area contributed by atoms with E-state index >= 15 is 0 Å². The van der Waals surface area contributed by atoms with Gasteiger partial charge in [-0.3, -0.25) is 4.98 Å². The smallest absolute Gasteiger partial charge is 0.142 e. The van der Waals surface area contributed by atoms with Crippen LogP contribution in [0.2, 0.25) is 0 Å². The Morgan fingerprint density at radius 1 is 0.679 bits per heavy atom. The molecule has 0 fully saturated rings. The van der Waals surface area contributed by atoms with Crippen LogP contribution in [-0.2, 0) is 0 Å². The first kappa shape index (κ1) is 14.4. The maximum atomic E-state index is 6.02. The van der Waals surface area contributed by atoms with E-state index in [1.165, 1.54) is 54.0 Å². The molecule has 28 heavy (non-hydrogen) atoms. The number of aryl methyl sites for hydroxylation is 1. The minimum Gasteiger partial charge on any atom is -0.463 e. The summed E-state index contributed by atoms with van der Waals surface area (Å²) in [6, 6.07) is 21.9. The van der Waals surface area contributed by atoms with E-state index in [1.807, 2.05) is 12.5 Å². The summed E-state index contributed by atoms with van der Waals surface area (Å²) in [5, 5.41) is 12.4. The molecule has 0 aliphatic heterocycles. The van der Waals surface area contributed by atoms with Gasteiger partial charge in [0.05, 0.1) is 11.8 Å². The van der Waals surface area contributed by atoms with Gasteiger partial charge >= 0.3 is 0 Å². The molecule has 0 saturated carbocycles. The molecule has 2 nitrogen and oxygen atoms in total. The van der Waals surface area contributed by atoms with Crippen molar-refractivity contribution < 1.29 is 4.42 Å². The van der Waals surface area contributed by atoms with Gasteiger partial charge < -0.3 is 4.42 Å². The summed E-state index contributed by atoms with van der Waals surface area (Å²) in [7, 11) is 0. The van der Waals surface area contributed by atoms with Crippen LogP contribution in [0.15, 0.2) is 77.5 Å². The van der Waals surface area contributed by atoms with Gasteiger partial charge in [0.2, 0.25) is 0 Å². The largest absolute Gasteiger partial charge is 0.463 e. The lowest BCUT2D eigenvalue weighted by molar-refractivity contribution is 0.616. The van der Waals surface area contributed by atoms with Crippen LogP contribution in [0, 0.1) is 6.92 Å². The Bertz CT molecular complexity index is 1720. The van der Waals surface area contributed by atoms with Crippen LogP contribution in [0.1, 0.15) is 5.56 Å². The molecule has 0 aliphatic rings. The van der Waals surface area contributed by atoms with Crippen molar-refractivity contribution in [3.05, 3.63) is 78.7 Å². The molecule has 0 bridgehead atoms. The molecule has 0 unspecified atom stereocenters. The second kappa shape index (κ2) is 4.79. The molecule has 0 aliphatic carbocycles. The van der Waals surface area contributed by atoms with Crippen molar-refractivity contribution in [3.8, 4) is 0 Å². The van der Waals surface area contributed by atoms with Crippen molar-refractivity contribution in [1.29, 1.82) is 0 Å². The Kier molecular flexibility index (Phi) is 2.47. The maximum absolute atomic E-state index is 6.02. The van der Waals surface area contributed by atoms with E-state index < -0.39 is 0 Å². The van der Waals surface area contributed by atoms with Gasteiger partial charge in [-0.25, -0.2) is 0 Å². The number of nitrogens with zero attached hydrogens (tertiary/aromatic N) is 1. The first-order chi connectivity index (χ1) is 13.8. The second-order valence-corrected chi connectivity index (χ2v) is 7.68. The zero-order valence-electron chi connectivity index (χ0n) is 15.3. The van der Waals surface area contributed by atoms with E-state index in [9.17, 15) is 0 Å². The molecule has 0 radical (unpaired) electrons. The van der Waals surface area contributed by atoms with Crippen molar-refractivity contribution in [2.24, 2.45) is 0 Å². The molecule has 2 heteroatoms. The molecule has 7 aromatic rings. The fourth-order valence-electron chi connectivity index (χ4n) is 5.00. The van der Waals surface area contributed by atoms with Crippen LogP contribution in [-0.4, -0.2) is 4.98 Å². The molecule has 2 heterocycles. The van der Waals surface area contributed by atoms with Crippen LogP contribution in [0.5, 0.6) is 0 Å². The molecule has 130 valence electrons. The van der Waals surface area contributed by atoms with E-state index in [0.29, 0.717) is 0 Å².